The average Bonchev–Trinajstić information content (AvgIpc) is 3.29. The minimum absolute atomic E-state index is 0.0451. The second kappa shape index (κ2) is 8.44. The molecule has 0 saturated carbocycles. The Morgan fingerprint density at radius 1 is 1.13 bits per heavy atom. The highest BCUT2D eigenvalue weighted by atomic mass is 32.1. The molecule has 1 aliphatic rings. The number of amides is 1. The second-order valence-electron chi connectivity index (χ2n) is 7.83. The van der Waals surface area contributed by atoms with E-state index in [9.17, 15) is 4.79 Å². The van der Waals surface area contributed by atoms with Gasteiger partial charge >= 0.3 is 0 Å². The molecule has 0 bridgehead atoms. The molecule has 1 saturated heterocycles. The van der Waals surface area contributed by atoms with Crippen LogP contribution in [-0.2, 0) is 5.41 Å². The fraction of sp³-hybridized carbons (Fsp3) is 0.348. The van der Waals surface area contributed by atoms with Crippen molar-refractivity contribution in [2.45, 2.75) is 18.3 Å². The molecular weight excluding hydrogens is 394 g/mol. The van der Waals surface area contributed by atoms with E-state index in [1.54, 1.807) is 17.5 Å². The largest absolute Gasteiger partial charge is 0.365 e. The van der Waals surface area contributed by atoms with Gasteiger partial charge in [-0.15, -0.1) is 11.3 Å². The molecule has 6 nitrogen and oxygen atoms in total. The van der Waals surface area contributed by atoms with E-state index in [0.29, 0.717) is 18.7 Å². The van der Waals surface area contributed by atoms with Gasteiger partial charge in [0.25, 0.3) is 5.91 Å². The third kappa shape index (κ3) is 3.77. The molecule has 0 radical (unpaired) electrons. The molecule has 1 fully saturated rings. The van der Waals surface area contributed by atoms with Crippen LogP contribution in [0.1, 0.15) is 34.5 Å². The molecule has 3 heterocycles. The first-order valence-corrected chi connectivity index (χ1v) is 11.0. The summed E-state index contributed by atoms with van der Waals surface area (Å²) in [6.45, 7) is 1.38. The average molecular weight is 422 g/mol. The number of anilines is 2. The van der Waals surface area contributed by atoms with Gasteiger partial charge in [-0.25, -0.2) is 9.97 Å². The van der Waals surface area contributed by atoms with Crippen LogP contribution in [0.15, 0.2) is 54.0 Å². The lowest BCUT2D eigenvalue weighted by molar-refractivity contribution is 0.0684. The van der Waals surface area contributed by atoms with Crippen LogP contribution in [0, 0.1) is 0 Å². The number of aromatic nitrogens is 2. The number of hydrogen-bond acceptors (Lipinski definition) is 6. The molecule has 7 heteroatoms. The van der Waals surface area contributed by atoms with Crippen molar-refractivity contribution in [1.29, 1.82) is 0 Å². The Bertz CT molecular complexity index is 992. The number of thiazole rings is 1. The first-order chi connectivity index (χ1) is 14.5. The van der Waals surface area contributed by atoms with Gasteiger partial charge in [0.15, 0.2) is 5.13 Å². The molecule has 2 aromatic heterocycles. The van der Waals surface area contributed by atoms with Gasteiger partial charge in [0.1, 0.15) is 5.82 Å². The van der Waals surface area contributed by atoms with Crippen LogP contribution in [0.3, 0.4) is 0 Å². The zero-order chi connectivity index (χ0) is 21.1. The van der Waals surface area contributed by atoms with Crippen molar-refractivity contribution >= 4 is 28.2 Å². The van der Waals surface area contributed by atoms with Crippen molar-refractivity contribution in [2.75, 3.05) is 44.4 Å². The van der Waals surface area contributed by atoms with E-state index in [2.05, 4.69) is 39.9 Å². The highest BCUT2D eigenvalue weighted by Crippen LogP contribution is 2.42. The second-order valence-corrected chi connectivity index (χ2v) is 8.69. The number of hydrogen-bond donors (Lipinski definition) is 1. The van der Waals surface area contributed by atoms with Gasteiger partial charge in [-0.1, -0.05) is 30.3 Å². The SMILES string of the molecule is CNc1nc(C2(c3ccccc3)CCN(C(=O)c3ccc(N(C)C)nc3)CC2)cs1. The molecule has 1 N–H and O–H groups in total. The van der Waals surface area contributed by atoms with Crippen LogP contribution in [0.25, 0.3) is 0 Å². The Kier molecular flexibility index (Phi) is 5.72. The number of nitrogens with zero attached hydrogens (tertiary/aromatic N) is 4. The third-order valence-electron chi connectivity index (χ3n) is 5.89. The molecule has 0 atom stereocenters. The smallest absolute Gasteiger partial charge is 0.255 e. The first-order valence-electron chi connectivity index (χ1n) is 10.2. The van der Waals surface area contributed by atoms with E-state index in [1.165, 1.54) is 5.56 Å². The molecule has 30 heavy (non-hydrogen) atoms. The molecule has 1 aromatic carbocycles. The number of carbonyl (C=O) groups is 1. The summed E-state index contributed by atoms with van der Waals surface area (Å²) in [5.74, 6) is 0.890. The van der Waals surface area contributed by atoms with Crippen LogP contribution < -0.4 is 10.2 Å². The van der Waals surface area contributed by atoms with E-state index < -0.39 is 0 Å². The summed E-state index contributed by atoms with van der Waals surface area (Å²) in [5, 5.41) is 6.22. The number of nitrogens with one attached hydrogen (secondary N) is 1. The van der Waals surface area contributed by atoms with Crippen molar-refractivity contribution in [3.8, 4) is 0 Å². The van der Waals surface area contributed by atoms with Crippen LogP contribution in [0.4, 0.5) is 10.9 Å². The molecule has 0 spiro atoms. The molecule has 156 valence electrons. The van der Waals surface area contributed by atoms with E-state index in [4.69, 9.17) is 4.98 Å². The minimum Gasteiger partial charge on any atom is -0.365 e. The van der Waals surface area contributed by atoms with Gasteiger partial charge in [0.05, 0.1) is 11.3 Å². The quantitative estimate of drug-likeness (QED) is 0.678. The maximum Gasteiger partial charge on any atom is 0.255 e. The lowest BCUT2D eigenvalue weighted by Crippen LogP contribution is -2.46. The van der Waals surface area contributed by atoms with E-state index in [1.807, 2.05) is 49.1 Å². The summed E-state index contributed by atoms with van der Waals surface area (Å²) in [6.07, 6.45) is 3.37. The molecule has 1 aliphatic heterocycles. The van der Waals surface area contributed by atoms with E-state index in [0.717, 1.165) is 29.5 Å². The summed E-state index contributed by atoms with van der Waals surface area (Å²) >= 11 is 1.63. The Labute approximate surface area is 181 Å². The van der Waals surface area contributed by atoms with Crippen LogP contribution in [0.5, 0.6) is 0 Å². The molecular formula is C23H27N5OS. The number of pyridine rings is 1. The van der Waals surface area contributed by atoms with Crippen LogP contribution >= 0.6 is 11.3 Å². The van der Waals surface area contributed by atoms with Gasteiger partial charge < -0.3 is 15.1 Å². The number of piperidine rings is 1. The highest BCUT2D eigenvalue weighted by Gasteiger charge is 2.40. The van der Waals surface area contributed by atoms with Gasteiger partial charge in [-0.2, -0.15) is 0 Å². The molecule has 0 unspecified atom stereocenters. The monoisotopic (exact) mass is 421 g/mol. The highest BCUT2D eigenvalue weighted by molar-refractivity contribution is 7.13. The summed E-state index contributed by atoms with van der Waals surface area (Å²) < 4.78 is 0. The topological polar surface area (TPSA) is 61.4 Å². The predicted octanol–water partition coefficient (Wildman–Crippen LogP) is 3.87. The Morgan fingerprint density at radius 2 is 1.87 bits per heavy atom. The number of benzene rings is 1. The van der Waals surface area contributed by atoms with Gasteiger partial charge in [-0.05, 0) is 30.5 Å². The van der Waals surface area contributed by atoms with Gasteiger partial charge in [0, 0.05) is 51.2 Å². The fourth-order valence-electron chi connectivity index (χ4n) is 4.11. The molecule has 1 amide bonds. The predicted molar refractivity (Wildman–Crippen MR) is 123 cm³/mol. The van der Waals surface area contributed by atoms with Crippen molar-refractivity contribution < 1.29 is 4.79 Å². The summed E-state index contributed by atoms with van der Waals surface area (Å²) in [5.41, 5.74) is 2.82. The van der Waals surface area contributed by atoms with Crippen molar-refractivity contribution in [2.24, 2.45) is 0 Å². The van der Waals surface area contributed by atoms with E-state index in [-0.39, 0.29) is 11.3 Å². The number of likely N-dealkylation sites (tertiary alicyclic amines) is 1. The molecule has 4 rings (SSSR count). The standard InChI is InChI=1S/C23H27N5OS/c1-24-22-26-19(16-30-22)23(18-7-5-4-6-8-18)11-13-28(14-12-23)21(29)17-9-10-20(25-15-17)27(2)3/h4-10,15-16H,11-14H2,1-3H3,(H,24,26). The van der Waals surface area contributed by atoms with Crippen molar-refractivity contribution in [3.63, 3.8) is 0 Å². The van der Waals surface area contributed by atoms with E-state index >= 15 is 0 Å². The zero-order valence-corrected chi connectivity index (χ0v) is 18.4. The van der Waals surface area contributed by atoms with Gasteiger partial charge in [0.2, 0.25) is 0 Å². The fourth-order valence-corrected chi connectivity index (χ4v) is 4.88. The summed E-state index contributed by atoms with van der Waals surface area (Å²) in [6, 6.07) is 14.3. The van der Waals surface area contributed by atoms with Crippen molar-refractivity contribution in [3.05, 3.63) is 70.9 Å². The Balaban J connectivity index is 1.56. The lowest BCUT2D eigenvalue weighted by Gasteiger charge is -2.41. The molecule has 0 aliphatic carbocycles. The maximum atomic E-state index is 13.1. The normalized spacial score (nSPS) is 15.6. The Hall–Kier alpha value is -2.93. The zero-order valence-electron chi connectivity index (χ0n) is 17.6. The Morgan fingerprint density at radius 3 is 2.43 bits per heavy atom. The third-order valence-corrected chi connectivity index (χ3v) is 6.75. The van der Waals surface area contributed by atoms with Crippen LogP contribution in [-0.4, -0.2) is 55.0 Å². The van der Waals surface area contributed by atoms with Crippen molar-refractivity contribution in [1.82, 2.24) is 14.9 Å². The first kappa shape index (κ1) is 20.3. The summed E-state index contributed by atoms with van der Waals surface area (Å²) in [7, 11) is 5.78. The summed E-state index contributed by atoms with van der Waals surface area (Å²) in [4.78, 5) is 26.2. The minimum atomic E-state index is -0.170. The number of carbonyl (C=O) groups excluding carboxylic acids is 1. The maximum absolute atomic E-state index is 13.1. The van der Waals surface area contributed by atoms with Gasteiger partial charge in [-0.3, -0.25) is 4.79 Å². The molecule has 3 aromatic rings. The lowest BCUT2D eigenvalue weighted by atomic mass is 9.70. The number of rotatable bonds is 5. The van der Waals surface area contributed by atoms with Crippen LogP contribution in [0.2, 0.25) is 0 Å².